The van der Waals surface area contributed by atoms with Crippen molar-refractivity contribution in [2.75, 3.05) is 0 Å². The van der Waals surface area contributed by atoms with Gasteiger partial charge in [0.1, 0.15) is 0 Å². The second-order valence-corrected chi connectivity index (χ2v) is 8.27. The Balaban J connectivity index is 2.12. The van der Waals surface area contributed by atoms with Crippen LogP contribution in [0.2, 0.25) is 0 Å². The van der Waals surface area contributed by atoms with Crippen molar-refractivity contribution in [1.82, 2.24) is 0 Å². The molecule has 0 saturated heterocycles. The van der Waals surface area contributed by atoms with E-state index in [2.05, 4.69) is 83.7 Å². The summed E-state index contributed by atoms with van der Waals surface area (Å²) in [6, 6.07) is 15.2. The molecule has 156 valence electrons. The van der Waals surface area contributed by atoms with E-state index in [-0.39, 0.29) is 0 Å². The SMILES string of the molecule is C=C(N=C(CC)c1ccccc1C)c1ccc(CCC(CC)CCCC)c(C)c1. The molecule has 0 bridgehead atoms. The van der Waals surface area contributed by atoms with Gasteiger partial charge in [-0.15, -0.1) is 0 Å². The first-order chi connectivity index (χ1) is 14.0. The monoisotopic (exact) mass is 389 g/mol. The Morgan fingerprint density at radius 2 is 1.72 bits per heavy atom. The normalized spacial score (nSPS) is 12.8. The molecule has 0 heterocycles. The molecule has 2 rings (SSSR count). The average Bonchev–Trinajstić information content (AvgIpc) is 2.73. The van der Waals surface area contributed by atoms with Crippen LogP contribution >= 0.6 is 0 Å². The molecule has 2 aromatic carbocycles. The molecule has 2 aromatic rings. The first kappa shape index (κ1) is 23.1. The lowest BCUT2D eigenvalue weighted by atomic mass is 9.90. The topological polar surface area (TPSA) is 12.4 Å². The van der Waals surface area contributed by atoms with E-state index in [0.717, 1.165) is 29.3 Å². The van der Waals surface area contributed by atoms with Crippen molar-refractivity contribution in [1.29, 1.82) is 0 Å². The standard InChI is InChI=1S/C28H39N/c1-7-10-14-24(8-2)16-17-25-18-19-26(20-22(25)5)23(6)29-28(9-3)27-15-12-11-13-21(27)4/h11-13,15,18-20,24H,6-10,14,16-17H2,1-5H3. The summed E-state index contributed by atoms with van der Waals surface area (Å²) in [6.07, 6.45) is 8.69. The Hall–Kier alpha value is -2.15. The van der Waals surface area contributed by atoms with Gasteiger partial charge in [-0.1, -0.05) is 89.4 Å². The maximum Gasteiger partial charge on any atom is 0.0633 e. The number of nitrogens with zero attached hydrogens (tertiary/aromatic N) is 1. The van der Waals surface area contributed by atoms with Crippen molar-refractivity contribution in [2.24, 2.45) is 10.9 Å². The molecule has 0 aliphatic rings. The number of benzene rings is 2. The summed E-state index contributed by atoms with van der Waals surface area (Å²) < 4.78 is 0. The van der Waals surface area contributed by atoms with Crippen molar-refractivity contribution in [3.63, 3.8) is 0 Å². The van der Waals surface area contributed by atoms with Gasteiger partial charge in [0.05, 0.1) is 5.70 Å². The van der Waals surface area contributed by atoms with Gasteiger partial charge in [0.15, 0.2) is 0 Å². The quantitative estimate of drug-likeness (QED) is 0.342. The summed E-state index contributed by atoms with van der Waals surface area (Å²) >= 11 is 0. The first-order valence-corrected chi connectivity index (χ1v) is 11.4. The fourth-order valence-electron chi connectivity index (χ4n) is 4.01. The smallest absolute Gasteiger partial charge is 0.0633 e. The van der Waals surface area contributed by atoms with Gasteiger partial charge in [-0.2, -0.15) is 0 Å². The van der Waals surface area contributed by atoms with E-state index < -0.39 is 0 Å². The lowest BCUT2D eigenvalue weighted by molar-refractivity contribution is 0.421. The molecule has 0 aliphatic carbocycles. The molecular formula is C28H39N. The van der Waals surface area contributed by atoms with Crippen LogP contribution in [-0.2, 0) is 6.42 Å². The molecule has 0 aromatic heterocycles. The van der Waals surface area contributed by atoms with E-state index in [0.29, 0.717) is 0 Å². The number of unbranched alkanes of at least 4 members (excludes halogenated alkanes) is 1. The summed E-state index contributed by atoms with van der Waals surface area (Å²) in [4.78, 5) is 4.91. The lowest BCUT2D eigenvalue weighted by Crippen LogP contribution is -2.03. The van der Waals surface area contributed by atoms with Crippen LogP contribution in [0.1, 0.15) is 87.1 Å². The van der Waals surface area contributed by atoms with Crippen molar-refractivity contribution in [3.8, 4) is 0 Å². The van der Waals surface area contributed by atoms with Gasteiger partial charge in [0, 0.05) is 5.71 Å². The second-order valence-electron chi connectivity index (χ2n) is 8.27. The van der Waals surface area contributed by atoms with Gasteiger partial charge in [-0.3, -0.25) is 4.99 Å². The summed E-state index contributed by atoms with van der Waals surface area (Å²) in [5.74, 6) is 0.856. The van der Waals surface area contributed by atoms with Crippen LogP contribution in [-0.4, -0.2) is 5.71 Å². The van der Waals surface area contributed by atoms with Crippen molar-refractivity contribution in [3.05, 3.63) is 76.9 Å². The zero-order valence-corrected chi connectivity index (χ0v) is 19.2. The van der Waals surface area contributed by atoms with Crippen LogP contribution in [0.25, 0.3) is 5.70 Å². The summed E-state index contributed by atoms with van der Waals surface area (Å²) in [5.41, 5.74) is 8.41. The zero-order valence-electron chi connectivity index (χ0n) is 19.2. The number of hydrogen-bond donors (Lipinski definition) is 0. The highest BCUT2D eigenvalue weighted by Crippen LogP contribution is 2.24. The first-order valence-electron chi connectivity index (χ1n) is 11.4. The maximum atomic E-state index is 4.91. The Morgan fingerprint density at radius 3 is 2.34 bits per heavy atom. The largest absolute Gasteiger partial charge is 0.253 e. The third-order valence-electron chi connectivity index (χ3n) is 6.10. The highest BCUT2D eigenvalue weighted by Gasteiger charge is 2.10. The predicted molar refractivity (Wildman–Crippen MR) is 130 cm³/mol. The molecule has 0 saturated carbocycles. The van der Waals surface area contributed by atoms with Crippen LogP contribution in [0.5, 0.6) is 0 Å². The highest BCUT2D eigenvalue weighted by atomic mass is 14.8. The van der Waals surface area contributed by atoms with Crippen molar-refractivity contribution in [2.45, 2.75) is 79.6 Å². The minimum atomic E-state index is 0.856. The van der Waals surface area contributed by atoms with Gasteiger partial charge < -0.3 is 0 Å². The molecule has 1 nitrogen and oxygen atoms in total. The molecule has 1 atom stereocenters. The summed E-state index contributed by atoms with van der Waals surface area (Å²) in [6.45, 7) is 15.4. The third-order valence-corrected chi connectivity index (χ3v) is 6.10. The number of rotatable bonds is 11. The lowest BCUT2D eigenvalue weighted by Gasteiger charge is -2.16. The summed E-state index contributed by atoms with van der Waals surface area (Å²) in [5, 5.41) is 0. The minimum Gasteiger partial charge on any atom is -0.253 e. The molecule has 0 N–H and O–H groups in total. The molecule has 0 amide bonds. The van der Waals surface area contributed by atoms with Crippen LogP contribution in [0, 0.1) is 19.8 Å². The Morgan fingerprint density at radius 1 is 0.966 bits per heavy atom. The Bertz CT molecular complexity index is 828. The molecule has 0 spiro atoms. The molecule has 0 fully saturated rings. The zero-order chi connectivity index (χ0) is 21.2. The van der Waals surface area contributed by atoms with Gasteiger partial charge in [-0.25, -0.2) is 0 Å². The fraction of sp³-hybridized carbons (Fsp3) is 0.464. The third kappa shape index (κ3) is 6.70. The van der Waals surface area contributed by atoms with E-state index in [4.69, 9.17) is 4.99 Å². The molecule has 1 heteroatoms. The number of hydrogen-bond acceptors (Lipinski definition) is 1. The minimum absolute atomic E-state index is 0.856. The Labute approximate surface area is 179 Å². The molecule has 29 heavy (non-hydrogen) atoms. The fourth-order valence-corrected chi connectivity index (χ4v) is 4.01. The molecular weight excluding hydrogens is 350 g/mol. The van der Waals surface area contributed by atoms with Crippen LogP contribution in [0.4, 0.5) is 0 Å². The highest BCUT2D eigenvalue weighted by molar-refractivity contribution is 6.04. The van der Waals surface area contributed by atoms with Crippen LogP contribution in [0.3, 0.4) is 0 Å². The molecule has 0 aliphatic heterocycles. The van der Waals surface area contributed by atoms with E-state index in [1.54, 1.807) is 0 Å². The second kappa shape index (κ2) is 11.8. The van der Waals surface area contributed by atoms with Gasteiger partial charge >= 0.3 is 0 Å². The molecule has 0 radical (unpaired) electrons. The van der Waals surface area contributed by atoms with E-state index >= 15 is 0 Å². The number of aliphatic imine (C=N–C) groups is 1. The van der Waals surface area contributed by atoms with Gasteiger partial charge in [-0.05, 0) is 72.9 Å². The average molecular weight is 390 g/mol. The summed E-state index contributed by atoms with van der Waals surface area (Å²) in [7, 11) is 0. The number of aryl methyl sites for hydroxylation is 3. The predicted octanol–water partition coefficient (Wildman–Crippen LogP) is 8.32. The van der Waals surface area contributed by atoms with Crippen molar-refractivity contribution >= 4 is 11.4 Å². The Kier molecular flexibility index (Phi) is 9.38. The van der Waals surface area contributed by atoms with Gasteiger partial charge in [0.25, 0.3) is 0 Å². The van der Waals surface area contributed by atoms with E-state index in [9.17, 15) is 0 Å². The maximum absolute atomic E-state index is 4.91. The van der Waals surface area contributed by atoms with E-state index in [1.165, 1.54) is 60.8 Å². The van der Waals surface area contributed by atoms with Crippen molar-refractivity contribution < 1.29 is 0 Å². The van der Waals surface area contributed by atoms with Crippen LogP contribution in [0.15, 0.2) is 54.0 Å². The molecule has 1 unspecified atom stereocenters. The van der Waals surface area contributed by atoms with E-state index in [1.807, 2.05) is 0 Å². The van der Waals surface area contributed by atoms with Crippen LogP contribution < -0.4 is 0 Å². The van der Waals surface area contributed by atoms with Gasteiger partial charge in [0.2, 0.25) is 0 Å².